The molecule has 0 saturated carbocycles. The molecule has 1 aromatic rings. The third-order valence-electron chi connectivity index (χ3n) is 3.60. The number of rotatable bonds is 4. The maximum Gasteiger partial charge on any atom is 0.180 e. The van der Waals surface area contributed by atoms with Crippen LogP contribution in [0.1, 0.15) is 65.2 Å². The summed E-state index contributed by atoms with van der Waals surface area (Å²) in [7, 11) is -1.18. The van der Waals surface area contributed by atoms with Crippen LogP contribution in [0.15, 0.2) is 12.1 Å². The summed E-state index contributed by atoms with van der Waals surface area (Å²) in [5, 5.41) is 10.6. The van der Waals surface area contributed by atoms with Gasteiger partial charge in [0, 0.05) is 16.5 Å². The number of hydrogen-bond donors (Lipinski definition) is 1. The quantitative estimate of drug-likeness (QED) is 0.622. The molecule has 0 fully saturated rings. The van der Waals surface area contributed by atoms with Crippen molar-refractivity contribution < 1.29 is 30.7 Å². The first-order chi connectivity index (χ1) is 9.46. The molecule has 0 bridgehead atoms. The zero-order valence-corrected chi connectivity index (χ0v) is 16.7. The summed E-state index contributed by atoms with van der Waals surface area (Å²) in [5.74, 6) is 0.391. The molecule has 0 spiro atoms. The molecule has 0 aliphatic rings. The van der Waals surface area contributed by atoms with Crippen molar-refractivity contribution in [3.8, 4) is 5.75 Å². The largest absolute Gasteiger partial charge is 0.507 e. The van der Waals surface area contributed by atoms with Crippen LogP contribution in [-0.4, -0.2) is 11.2 Å². The molecule has 2 atom stereocenters. The Hall–Kier alpha value is -0.296. The molecule has 0 aliphatic heterocycles. The first-order valence-corrected chi connectivity index (χ1v) is 8.37. The van der Waals surface area contributed by atoms with Gasteiger partial charge in [-0.2, -0.15) is 0 Å². The number of hydrogen-bond acceptors (Lipinski definition) is 3. The summed E-state index contributed by atoms with van der Waals surface area (Å²) in [5.41, 5.74) is 2.75. The van der Waals surface area contributed by atoms with E-state index in [2.05, 4.69) is 41.5 Å². The minimum atomic E-state index is -1.18. The molecule has 1 N–H and O–H groups in total. The van der Waals surface area contributed by atoms with E-state index in [0.717, 1.165) is 16.7 Å². The molecule has 0 aliphatic carbocycles. The van der Waals surface area contributed by atoms with Crippen molar-refractivity contribution in [1.29, 1.82) is 0 Å². The molecule has 0 heterocycles. The average Bonchev–Trinajstić information content (AvgIpc) is 2.28. The molecule has 0 aromatic heterocycles. The average molecular weight is 371 g/mol. The second kappa shape index (κ2) is 8.00. The topological polar surface area (TPSA) is 46.5 Å². The fraction of sp³-hybridized carbons (Fsp3) is 0.647. The van der Waals surface area contributed by atoms with Crippen molar-refractivity contribution in [2.45, 2.75) is 71.8 Å². The molecular weight excluding hydrogens is 342 g/mol. The smallest absolute Gasteiger partial charge is 0.180 e. The van der Waals surface area contributed by atoms with E-state index < -0.39 is 8.69 Å². The minimum Gasteiger partial charge on any atom is -0.507 e. The summed E-state index contributed by atoms with van der Waals surface area (Å²) in [6, 6.07) is 4.09. The van der Waals surface area contributed by atoms with Crippen LogP contribution in [0.3, 0.4) is 0 Å². The van der Waals surface area contributed by atoms with Gasteiger partial charge in [-0.3, -0.25) is 4.57 Å². The van der Waals surface area contributed by atoms with Crippen molar-refractivity contribution in [1.82, 2.24) is 0 Å². The van der Waals surface area contributed by atoms with Gasteiger partial charge in [0.2, 0.25) is 0 Å². The number of aromatic hydroxyl groups is 1. The zero-order valence-electron chi connectivity index (χ0n) is 14.6. The summed E-state index contributed by atoms with van der Waals surface area (Å²) in [6.45, 7) is 14.5. The van der Waals surface area contributed by atoms with Crippen molar-refractivity contribution >= 4 is 8.69 Å². The molecule has 0 amide bonds. The van der Waals surface area contributed by atoms with Gasteiger partial charge in [-0.05, 0) is 40.9 Å². The Bertz CT molecular complexity index is 481. The van der Waals surface area contributed by atoms with Gasteiger partial charge < -0.3 is 9.63 Å². The number of phenolic OH excluding ortho intramolecular Hbond substituents is 1. The standard InChI is InChI=1S/C17H29O3P.Ni/c1-11(20-21-19)8-12-9-13(16(2,3)4)15(18)14(10-12)17(5,6)7;/h9-11,18H,8,21H2,1-7H3;. The first kappa shape index (κ1) is 21.7. The van der Waals surface area contributed by atoms with Gasteiger partial charge in [-0.15, -0.1) is 0 Å². The maximum atomic E-state index is 10.7. The van der Waals surface area contributed by atoms with Gasteiger partial charge in [0.05, 0.1) is 6.10 Å². The molecular formula is C17H29NiO3P. The molecule has 2 unspecified atom stereocenters. The second-order valence-electron chi connectivity index (χ2n) is 7.79. The number of benzene rings is 1. The van der Waals surface area contributed by atoms with Gasteiger partial charge >= 0.3 is 0 Å². The monoisotopic (exact) mass is 370 g/mol. The Morgan fingerprint density at radius 2 is 1.50 bits per heavy atom. The van der Waals surface area contributed by atoms with E-state index in [0.29, 0.717) is 12.2 Å². The van der Waals surface area contributed by atoms with Crippen molar-refractivity contribution in [3.05, 3.63) is 28.8 Å². The Morgan fingerprint density at radius 1 is 1.09 bits per heavy atom. The van der Waals surface area contributed by atoms with Gasteiger partial charge in [-0.1, -0.05) is 53.7 Å². The van der Waals surface area contributed by atoms with Crippen molar-refractivity contribution in [2.24, 2.45) is 0 Å². The van der Waals surface area contributed by atoms with Crippen LogP contribution in [0.25, 0.3) is 0 Å². The van der Waals surface area contributed by atoms with E-state index >= 15 is 0 Å². The predicted octanol–water partition coefficient (Wildman–Crippen LogP) is 4.60. The minimum absolute atomic E-state index is 0. The van der Waals surface area contributed by atoms with E-state index in [1.54, 1.807) is 0 Å². The van der Waals surface area contributed by atoms with Gasteiger partial charge in [0.15, 0.2) is 8.69 Å². The van der Waals surface area contributed by atoms with Gasteiger partial charge in [0.1, 0.15) is 5.75 Å². The van der Waals surface area contributed by atoms with Crippen LogP contribution in [0.4, 0.5) is 0 Å². The van der Waals surface area contributed by atoms with Crippen LogP contribution in [0.5, 0.6) is 5.75 Å². The third kappa shape index (κ3) is 5.72. The summed E-state index contributed by atoms with van der Waals surface area (Å²) in [6.07, 6.45) is 0.615. The fourth-order valence-electron chi connectivity index (χ4n) is 2.43. The summed E-state index contributed by atoms with van der Waals surface area (Å²) in [4.78, 5) is 0. The molecule has 3 nitrogen and oxygen atoms in total. The third-order valence-corrected chi connectivity index (χ3v) is 4.17. The Balaban J connectivity index is 0.00000441. The summed E-state index contributed by atoms with van der Waals surface area (Å²) >= 11 is 0. The number of phenols is 1. The van der Waals surface area contributed by atoms with Crippen molar-refractivity contribution in [3.63, 3.8) is 0 Å². The summed E-state index contributed by atoms with van der Waals surface area (Å²) < 4.78 is 15.9. The normalized spacial score (nSPS) is 14.1. The van der Waals surface area contributed by atoms with Crippen LogP contribution < -0.4 is 0 Å². The van der Waals surface area contributed by atoms with Crippen LogP contribution in [0.2, 0.25) is 0 Å². The van der Waals surface area contributed by atoms with Crippen LogP contribution >= 0.6 is 8.69 Å². The van der Waals surface area contributed by atoms with Crippen LogP contribution in [-0.2, 0) is 42.8 Å². The molecule has 22 heavy (non-hydrogen) atoms. The van der Waals surface area contributed by atoms with E-state index in [-0.39, 0.29) is 33.4 Å². The Labute approximate surface area is 146 Å². The van der Waals surface area contributed by atoms with Gasteiger partial charge in [-0.25, -0.2) is 0 Å². The maximum absolute atomic E-state index is 10.7. The molecule has 1 rings (SSSR count). The van der Waals surface area contributed by atoms with Crippen molar-refractivity contribution in [2.75, 3.05) is 0 Å². The van der Waals surface area contributed by atoms with E-state index in [1.807, 2.05) is 19.1 Å². The van der Waals surface area contributed by atoms with Gasteiger partial charge in [0.25, 0.3) is 0 Å². The fourth-order valence-corrected chi connectivity index (χ4v) is 2.72. The molecule has 0 radical (unpaired) electrons. The molecule has 5 heteroatoms. The molecule has 130 valence electrons. The van der Waals surface area contributed by atoms with Crippen LogP contribution in [0, 0.1) is 0 Å². The zero-order chi connectivity index (χ0) is 16.4. The Morgan fingerprint density at radius 3 is 1.82 bits per heavy atom. The van der Waals surface area contributed by atoms with E-state index in [4.69, 9.17) is 4.52 Å². The Kier molecular flexibility index (Phi) is 7.89. The second-order valence-corrected chi connectivity index (χ2v) is 8.25. The molecule has 0 saturated heterocycles. The van der Waals surface area contributed by atoms with E-state index in [9.17, 15) is 9.67 Å². The van der Waals surface area contributed by atoms with E-state index in [1.165, 1.54) is 0 Å². The first-order valence-electron chi connectivity index (χ1n) is 7.42. The predicted molar refractivity (Wildman–Crippen MR) is 90.2 cm³/mol. The SMILES string of the molecule is CC(Cc1cc(C(C)(C)C)c(O)c(C(C)(C)C)c1)O[PH2]=O.[Ni]. The molecule has 1 aromatic carbocycles.